The van der Waals surface area contributed by atoms with E-state index >= 15 is 0 Å². The molecule has 1 nitrogen and oxygen atoms in total. The smallest absolute Gasteiger partial charge is 0.104 e. The molecule has 0 saturated carbocycles. The molecule has 2 heteroatoms. The zero-order valence-corrected chi connectivity index (χ0v) is 3.24. The summed E-state index contributed by atoms with van der Waals surface area (Å²) in [5.41, 5.74) is 4.92. The van der Waals surface area contributed by atoms with Crippen molar-refractivity contribution >= 4 is 0 Å². The largest absolute Gasteiger partial charge is 0.326 e. The molecule has 32 valence electrons. The fourth-order valence-corrected chi connectivity index (χ4v) is 0. The molecule has 0 bridgehead atoms. The van der Waals surface area contributed by atoms with Crippen LogP contribution in [-0.4, -0.2) is 12.7 Å². The van der Waals surface area contributed by atoms with E-state index in [1.807, 2.05) is 0 Å². The van der Waals surface area contributed by atoms with Crippen molar-refractivity contribution in [1.29, 1.82) is 0 Å². The number of hydrogen-bond acceptors (Lipinski definition) is 1. The third-order valence-electron chi connectivity index (χ3n) is 0.243. The van der Waals surface area contributed by atoms with Gasteiger partial charge in [-0.05, 0) is 6.92 Å². The summed E-state index contributed by atoms with van der Waals surface area (Å²) in [4.78, 5) is 0. The van der Waals surface area contributed by atoms with Crippen molar-refractivity contribution in [2.24, 2.45) is 5.73 Å². The molecule has 0 aromatic carbocycles. The fourth-order valence-electron chi connectivity index (χ4n) is 0. The summed E-state index contributed by atoms with van der Waals surface area (Å²) in [6, 6.07) is -0.282. The molecular weight excluding hydrogens is 69.0 g/mol. The highest BCUT2D eigenvalue weighted by Crippen LogP contribution is 1.70. The van der Waals surface area contributed by atoms with Gasteiger partial charge in [0.15, 0.2) is 0 Å². The Morgan fingerprint density at radius 3 is 2.20 bits per heavy atom. The zero-order valence-electron chi connectivity index (χ0n) is 3.24. The monoisotopic (exact) mass is 77.1 g/mol. The van der Waals surface area contributed by atoms with Crippen molar-refractivity contribution in [3.63, 3.8) is 0 Å². The molecule has 0 aromatic rings. The lowest BCUT2D eigenvalue weighted by atomic mass is 10.4. The highest BCUT2D eigenvalue weighted by molar-refractivity contribution is 4.44. The summed E-state index contributed by atoms with van der Waals surface area (Å²) < 4.78 is 11.0. The highest BCUT2D eigenvalue weighted by atomic mass is 19.1. The Morgan fingerprint density at radius 1 is 2.00 bits per heavy atom. The van der Waals surface area contributed by atoms with Gasteiger partial charge in [0, 0.05) is 6.04 Å². The quantitative estimate of drug-likeness (QED) is 0.478. The minimum Gasteiger partial charge on any atom is -0.326 e. The van der Waals surface area contributed by atoms with Crippen LogP contribution in [0.25, 0.3) is 0 Å². The van der Waals surface area contributed by atoms with Crippen LogP contribution in [0, 0.1) is 0 Å². The van der Waals surface area contributed by atoms with Gasteiger partial charge in [-0.1, -0.05) is 0 Å². The topological polar surface area (TPSA) is 26.0 Å². The first-order valence-corrected chi connectivity index (χ1v) is 1.59. The Hall–Kier alpha value is -0.110. The van der Waals surface area contributed by atoms with Crippen molar-refractivity contribution < 1.29 is 4.39 Å². The van der Waals surface area contributed by atoms with Crippen LogP contribution in [-0.2, 0) is 0 Å². The summed E-state index contributed by atoms with van der Waals surface area (Å²) in [5.74, 6) is 0. The van der Waals surface area contributed by atoms with Crippen molar-refractivity contribution in [1.82, 2.24) is 0 Å². The Bertz CT molecular complexity index is 20.9. The SMILES string of the molecule is CC(N)CF. The van der Waals surface area contributed by atoms with E-state index in [1.165, 1.54) is 0 Å². The second kappa shape index (κ2) is 2.15. The van der Waals surface area contributed by atoms with Gasteiger partial charge in [-0.25, -0.2) is 4.39 Å². The summed E-state index contributed by atoms with van der Waals surface area (Å²) in [6.07, 6.45) is 0. The average molecular weight is 77.1 g/mol. The molecule has 2 N–H and O–H groups in total. The summed E-state index contributed by atoms with van der Waals surface area (Å²) in [7, 11) is 0. The van der Waals surface area contributed by atoms with Gasteiger partial charge in [0.25, 0.3) is 0 Å². The van der Waals surface area contributed by atoms with Crippen LogP contribution in [0.4, 0.5) is 4.39 Å². The van der Waals surface area contributed by atoms with Crippen molar-refractivity contribution in [2.45, 2.75) is 13.0 Å². The summed E-state index contributed by atoms with van der Waals surface area (Å²) >= 11 is 0. The first-order chi connectivity index (χ1) is 2.27. The third-order valence-corrected chi connectivity index (χ3v) is 0.243. The van der Waals surface area contributed by atoms with E-state index < -0.39 is 6.67 Å². The van der Waals surface area contributed by atoms with E-state index in [2.05, 4.69) is 0 Å². The highest BCUT2D eigenvalue weighted by Gasteiger charge is 1.83. The zero-order chi connectivity index (χ0) is 4.28. The molecule has 5 heavy (non-hydrogen) atoms. The number of halogens is 1. The van der Waals surface area contributed by atoms with Gasteiger partial charge in [-0.2, -0.15) is 0 Å². The van der Waals surface area contributed by atoms with E-state index in [4.69, 9.17) is 5.73 Å². The number of rotatable bonds is 1. The molecule has 0 rings (SSSR count). The maximum atomic E-state index is 11.0. The lowest BCUT2D eigenvalue weighted by Gasteiger charge is -1.88. The van der Waals surface area contributed by atoms with Gasteiger partial charge in [0.2, 0.25) is 0 Å². The minimum absolute atomic E-state index is 0.282. The van der Waals surface area contributed by atoms with Gasteiger partial charge in [0.1, 0.15) is 6.67 Å². The molecule has 0 aliphatic carbocycles. The maximum absolute atomic E-state index is 11.0. The maximum Gasteiger partial charge on any atom is 0.104 e. The molecule has 0 heterocycles. The molecular formula is C3H8FN. The molecule has 0 amide bonds. The van der Waals surface area contributed by atoms with E-state index in [1.54, 1.807) is 6.92 Å². The third kappa shape index (κ3) is 3.89. The van der Waals surface area contributed by atoms with E-state index in [0.717, 1.165) is 0 Å². The van der Waals surface area contributed by atoms with Crippen molar-refractivity contribution in [3.05, 3.63) is 0 Å². The van der Waals surface area contributed by atoms with Gasteiger partial charge in [-0.15, -0.1) is 0 Å². The van der Waals surface area contributed by atoms with E-state index in [9.17, 15) is 4.39 Å². The number of nitrogens with two attached hydrogens (primary N) is 1. The van der Waals surface area contributed by atoms with Gasteiger partial charge >= 0.3 is 0 Å². The molecule has 0 aliphatic heterocycles. The van der Waals surface area contributed by atoms with Crippen LogP contribution >= 0.6 is 0 Å². The van der Waals surface area contributed by atoms with Crippen LogP contribution in [0.15, 0.2) is 0 Å². The second-order valence-electron chi connectivity index (χ2n) is 1.13. The Balaban J connectivity index is 2.54. The molecule has 1 unspecified atom stereocenters. The number of alkyl halides is 1. The van der Waals surface area contributed by atoms with Crippen LogP contribution in [0.5, 0.6) is 0 Å². The standard InChI is InChI=1S/C3H8FN/c1-3(5)2-4/h3H,2,5H2,1H3. The Morgan fingerprint density at radius 2 is 2.20 bits per heavy atom. The Kier molecular flexibility index (Phi) is 2.10. The molecule has 0 spiro atoms. The predicted octanol–water partition coefficient (Wildman–Crippen LogP) is 0.303. The number of hydrogen-bond donors (Lipinski definition) is 1. The average Bonchev–Trinajstić information content (AvgIpc) is 1.38. The molecule has 0 aliphatic rings. The Labute approximate surface area is 31.0 Å². The first-order valence-electron chi connectivity index (χ1n) is 1.59. The van der Waals surface area contributed by atoms with Gasteiger partial charge in [0.05, 0.1) is 0 Å². The molecule has 1 atom stereocenters. The van der Waals surface area contributed by atoms with Gasteiger partial charge < -0.3 is 5.73 Å². The van der Waals surface area contributed by atoms with Crippen LogP contribution in [0.3, 0.4) is 0 Å². The molecule has 0 aromatic heterocycles. The molecule has 0 radical (unpaired) electrons. The van der Waals surface area contributed by atoms with Crippen molar-refractivity contribution in [2.75, 3.05) is 6.67 Å². The summed E-state index contributed by atoms with van der Waals surface area (Å²) in [6.45, 7) is 1.21. The van der Waals surface area contributed by atoms with E-state index in [-0.39, 0.29) is 6.04 Å². The second-order valence-corrected chi connectivity index (χ2v) is 1.13. The fraction of sp³-hybridized carbons (Fsp3) is 1.00. The van der Waals surface area contributed by atoms with Crippen LogP contribution in [0.1, 0.15) is 6.92 Å². The lowest BCUT2D eigenvalue weighted by molar-refractivity contribution is 0.445. The predicted molar refractivity (Wildman–Crippen MR) is 19.6 cm³/mol. The van der Waals surface area contributed by atoms with Crippen molar-refractivity contribution in [3.8, 4) is 0 Å². The summed E-state index contributed by atoms with van der Waals surface area (Å²) in [5, 5.41) is 0. The molecule has 0 fully saturated rings. The van der Waals surface area contributed by atoms with E-state index in [0.29, 0.717) is 0 Å². The van der Waals surface area contributed by atoms with Gasteiger partial charge in [-0.3, -0.25) is 0 Å². The van der Waals surface area contributed by atoms with Crippen LogP contribution in [0.2, 0.25) is 0 Å². The lowest BCUT2D eigenvalue weighted by Crippen LogP contribution is -2.16. The van der Waals surface area contributed by atoms with Crippen LogP contribution < -0.4 is 5.73 Å². The first kappa shape index (κ1) is 4.89. The normalized spacial score (nSPS) is 15.0. The minimum atomic E-state index is -0.417. The molecule has 0 saturated heterocycles.